The van der Waals surface area contributed by atoms with E-state index < -0.39 is 0 Å². The second-order valence-corrected chi connectivity index (χ2v) is 6.64. The number of oxime groups is 1. The van der Waals surface area contributed by atoms with Crippen molar-refractivity contribution in [1.29, 1.82) is 0 Å². The molecule has 1 atom stereocenters. The van der Waals surface area contributed by atoms with Gasteiger partial charge < -0.3 is 15.8 Å². The Bertz CT molecular complexity index is 548. The molecule has 0 bridgehead atoms. The Balaban J connectivity index is 1.76. The molecular formula is C15H21BrN4O. The highest BCUT2D eigenvalue weighted by Crippen LogP contribution is 2.28. The minimum Gasteiger partial charge on any atom is -0.409 e. The number of rotatable bonds is 2. The number of piperazine rings is 1. The number of piperidine rings is 1. The average molecular weight is 353 g/mol. The summed E-state index contributed by atoms with van der Waals surface area (Å²) in [5, 5.41) is 11.8. The van der Waals surface area contributed by atoms with Gasteiger partial charge in [0.05, 0.1) is 0 Å². The van der Waals surface area contributed by atoms with E-state index in [1.54, 1.807) is 0 Å². The second kappa shape index (κ2) is 6.23. The molecule has 0 aromatic heterocycles. The number of nitrogens with zero attached hydrogens (tertiary/aromatic N) is 3. The molecule has 6 heteroatoms. The maximum absolute atomic E-state index is 8.79. The lowest BCUT2D eigenvalue weighted by Gasteiger charge is -2.45. The molecule has 3 N–H and O–H groups in total. The zero-order valence-electron chi connectivity index (χ0n) is 12.0. The van der Waals surface area contributed by atoms with Gasteiger partial charge in [-0.3, -0.25) is 4.90 Å². The van der Waals surface area contributed by atoms with Crippen molar-refractivity contribution < 1.29 is 5.21 Å². The van der Waals surface area contributed by atoms with E-state index in [4.69, 9.17) is 10.9 Å². The quantitative estimate of drug-likeness (QED) is 0.370. The SMILES string of the molecule is N/C(=N/O)c1ccc(N2CCN3CCCCC3C2)cc1Br. The summed E-state index contributed by atoms with van der Waals surface area (Å²) < 4.78 is 0.862. The summed E-state index contributed by atoms with van der Waals surface area (Å²) in [7, 11) is 0. The summed E-state index contributed by atoms with van der Waals surface area (Å²) >= 11 is 3.52. The number of halogens is 1. The molecule has 2 aliphatic heterocycles. The van der Waals surface area contributed by atoms with Crippen LogP contribution in [-0.4, -0.2) is 48.2 Å². The van der Waals surface area contributed by atoms with Gasteiger partial charge in [-0.1, -0.05) is 11.6 Å². The number of hydrogen-bond acceptors (Lipinski definition) is 4. The van der Waals surface area contributed by atoms with Crippen LogP contribution < -0.4 is 10.6 Å². The van der Waals surface area contributed by atoms with Crippen molar-refractivity contribution in [2.75, 3.05) is 31.1 Å². The molecule has 1 unspecified atom stereocenters. The number of anilines is 1. The molecule has 0 spiro atoms. The highest BCUT2D eigenvalue weighted by atomic mass is 79.9. The average Bonchev–Trinajstić information content (AvgIpc) is 2.53. The largest absolute Gasteiger partial charge is 0.409 e. The third-order valence-electron chi connectivity index (χ3n) is 4.54. The van der Waals surface area contributed by atoms with Crippen molar-refractivity contribution in [3.05, 3.63) is 28.2 Å². The monoisotopic (exact) mass is 352 g/mol. The lowest BCUT2D eigenvalue weighted by molar-refractivity contribution is 0.133. The van der Waals surface area contributed by atoms with Crippen molar-refractivity contribution in [3.63, 3.8) is 0 Å². The summed E-state index contributed by atoms with van der Waals surface area (Å²) in [5.41, 5.74) is 7.58. The van der Waals surface area contributed by atoms with Crippen LogP contribution in [0.15, 0.2) is 27.8 Å². The highest BCUT2D eigenvalue weighted by molar-refractivity contribution is 9.10. The summed E-state index contributed by atoms with van der Waals surface area (Å²) in [6, 6.07) is 6.71. The highest BCUT2D eigenvalue weighted by Gasteiger charge is 2.29. The molecule has 5 nitrogen and oxygen atoms in total. The van der Waals surface area contributed by atoms with Gasteiger partial charge in [0.25, 0.3) is 0 Å². The summed E-state index contributed by atoms with van der Waals surface area (Å²) in [6.07, 6.45) is 4.00. The molecule has 1 aromatic carbocycles. The van der Waals surface area contributed by atoms with Crippen LogP contribution in [-0.2, 0) is 0 Å². The third-order valence-corrected chi connectivity index (χ3v) is 5.19. The number of nitrogens with two attached hydrogens (primary N) is 1. The molecule has 0 aliphatic carbocycles. The number of benzene rings is 1. The topological polar surface area (TPSA) is 65.1 Å². The van der Waals surface area contributed by atoms with Crippen molar-refractivity contribution in [2.45, 2.75) is 25.3 Å². The van der Waals surface area contributed by atoms with Gasteiger partial charge in [0, 0.05) is 41.4 Å². The van der Waals surface area contributed by atoms with E-state index in [9.17, 15) is 0 Å². The molecule has 21 heavy (non-hydrogen) atoms. The van der Waals surface area contributed by atoms with E-state index >= 15 is 0 Å². The summed E-state index contributed by atoms with van der Waals surface area (Å²) in [6.45, 7) is 4.55. The molecule has 2 fully saturated rings. The van der Waals surface area contributed by atoms with Gasteiger partial charge in [0.15, 0.2) is 5.84 Å². The zero-order valence-corrected chi connectivity index (χ0v) is 13.6. The molecule has 0 amide bonds. The first-order chi connectivity index (χ1) is 10.2. The van der Waals surface area contributed by atoms with Crippen molar-refractivity contribution in [3.8, 4) is 0 Å². The number of amidine groups is 1. The van der Waals surface area contributed by atoms with Gasteiger partial charge in [-0.05, 0) is 53.5 Å². The fourth-order valence-corrected chi connectivity index (χ4v) is 3.92. The molecule has 2 heterocycles. The normalized spacial score (nSPS) is 24.0. The standard InChI is InChI=1S/C15H21BrN4O/c16-14-9-11(4-5-13(14)15(17)18-21)20-8-7-19-6-2-1-3-12(19)10-20/h4-5,9,12,21H,1-3,6-8,10H2,(H2,17,18). The Labute approximate surface area is 133 Å². The fourth-order valence-electron chi connectivity index (χ4n) is 3.35. The fraction of sp³-hybridized carbons (Fsp3) is 0.533. The molecule has 0 radical (unpaired) electrons. The van der Waals surface area contributed by atoms with Crippen molar-refractivity contribution in [2.24, 2.45) is 10.9 Å². The lowest BCUT2D eigenvalue weighted by Crippen LogP contribution is -2.54. The molecule has 114 valence electrons. The number of hydrogen-bond donors (Lipinski definition) is 2. The Morgan fingerprint density at radius 2 is 2.14 bits per heavy atom. The number of fused-ring (bicyclic) bond motifs is 1. The molecule has 2 saturated heterocycles. The van der Waals surface area contributed by atoms with E-state index in [0.29, 0.717) is 6.04 Å². The van der Waals surface area contributed by atoms with Crippen LogP contribution in [0.5, 0.6) is 0 Å². The van der Waals surface area contributed by atoms with Crippen LogP contribution in [0.2, 0.25) is 0 Å². The van der Waals surface area contributed by atoms with Gasteiger partial charge in [-0.15, -0.1) is 0 Å². The predicted molar refractivity (Wildman–Crippen MR) is 88.1 cm³/mol. The van der Waals surface area contributed by atoms with Crippen LogP contribution in [0.25, 0.3) is 0 Å². The Morgan fingerprint density at radius 3 is 2.90 bits per heavy atom. The first kappa shape index (κ1) is 14.7. The summed E-state index contributed by atoms with van der Waals surface area (Å²) in [5.74, 6) is 0.130. The Morgan fingerprint density at radius 1 is 1.29 bits per heavy atom. The maximum atomic E-state index is 8.79. The first-order valence-electron chi connectivity index (χ1n) is 7.45. The van der Waals surface area contributed by atoms with Crippen LogP contribution in [0.3, 0.4) is 0 Å². The molecule has 0 saturated carbocycles. The maximum Gasteiger partial charge on any atom is 0.171 e. The van der Waals surface area contributed by atoms with E-state index in [1.807, 2.05) is 6.07 Å². The van der Waals surface area contributed by atoms with Gasteiger partial charge in [0.2, 0.25) is 0 Å². The van der Waals surface area contributed by atoms with E-state index in [-0.39, 0.29) is 5.84 Å². The minimum absolute atomic E-state index is 0.130. The molecule has 2 aliphatic rings. The lowest BCUT2D eigenvalue weighted by atomic mass is 9.99. The van der Waals surface area contributed by atoms with Gasteiger partial charge in [-0.25, -0.2) is 0 Å². The Kier molecular flexibility index (Phi) is 4.35. The van der Waals surface area contributed by atoms with Crippen LogP contribution in [0.4, 0.5) is 5.69 Å². The van der Waals surface area contributed by atoms with E-state index in [0.717, 1.165) is 29.7 Å². The molecule has 1 aromatic rings. The van der Waals surface area contributed by atoms with Crippen LogP contribution >= 0.6 is 15.9 Å². The van der Waals surface area contributed by atoms with Gasteiger partial charge in [-0.2, -0.15) is 0 Å². The van der Waals surface area contributed by atoms with Crippen LogP contribution in [0, 0.1) is 0 Å². The van der Waals surface area contributed by atoms with E-state index in [1.165, 1.54) is 31.5 Å². The minimum atomic E-state index is 0.130. The smallest absolute Gasteiger partial charge is 0.171 e. The molecule has 3 rings (SSSR count). The summed E-state index contributed by atoms with van der Waals surface area (Å²) in [4.78, 5) is 5.06. The zero-order chi connectivity index (χ0) is 14.8. The first-order valence-corrected chi connectivity index (χ1v) is 8.25. The van der Waals surface area contributed by atoms with Crippen molar-refractivity contribution >= 4 is 27.5 Å². The molecular weight excluding hydrogens is 332 g/mol. The predicted octanol–water partition coefficient (Wildman–Crippen LogP) is 2.22. The second-order valence-electron chi connectivity index (χ2n) is 5.78. The van der Waals surface area contributed by atoms with Crippen LogP contribution in [0.1, 0.15) is 24.8 Å². The third kappa shape index (κ3) is 3.01. The van der Waals surface area contributed by atoms with Crippen molar-refractivity contribution in [1.82, 2.24) is 4.90 Å². The van der Waals surface area contributed by atoms with Gasteiger partial charge in [0.1, 0.15) is 0 Å². The van der Waals surface area contributed by atoms with E-state index in [2.05, 4.69) is 43.0 Å². The van der Waals surface area contributed by atoms with Gasteiger partial charge >= 0.3 is 0 Å². The Hall–Kier alpha value is -1.27.